The molecule has 0 radical (unpaired) electrons. The van der Waals surface area contributed by atoms with E-state index in [4.69, 9.17) is 0 Å². The lowest BCUT2D eigenvalue weighted by Gasteiger charge is -2.46. The predicted molar refractivity (Wildman–Crippen MR) is 90.2 cm³/mol. The van der Waals surface area contributed by atoms with Gasteiger partial charge in [0.2, 0.25) is 0 Å². The smallest absolute Gasteiger partial charge is 0.0318 e. The minimum absolute atomic E-state index is 1.09. The van der Waals surface area contributed by atoms with E-state index < -0.39 is 0 Å². The molecule has 0 aromatic carbocycles. The van der Waals surface area contributed by atoms with Crippen LogP contribution in [0.15, 0.2) is 0 Å². The molecular weight excluding hydrogens is 264 g/mol. The van der Waals surface area contributed by atoms with E-state index in [2.05, 4.69) is 6.92 Å². The molecule has 0 amide bonds. The van der Waals surface area contributed by atoms with Crippen LogP contribution in [0.5, 0.6) is 0 Å². The van der Waals surface area contributed by atoms with Crippen molar-refractivity contribution in [1.82, 2.24) is 0 Å². The minimum Gasteiger partial charge on any atom is -0.0620 e. The van der Waals surface area contributed by atoms with E-state index in [9.17, 15) is 0 Å². The van der Waals surface area contributed by atoms with Crippen molar-refractivity contribution >= 4 is 0 Å². The fraction of sp³-hybridized carbons (Fsp3) is 1.00. The summed E-state index contributed by atoms with van der Waals surface area (Å²) in [7, 11) is 0. The zero-order chi connectivity index (χ0) is 14.4. The van der Waals surface area contributed by atoms with Crippen molar-refractivity contribution in [3.8, 4) is 0 Å². The van der Waals surface area contributed by atoms with Crippen LogP contribution in [-0.2, 0) is 0 Å². The molecule has 6 fully saturated rings. The second-order valence-electron chi connectivity index (χ2n) is 10.6. The molecule has 0 heterocycles. The minimum atomic E-state index is 1.09. The molecule has 0 spiro atoms. The molecule has 0 N–H and O–H groups in total. The molecule has 6 bridgehead atoms. The van der Waals surface area contributed by atoms with E-state index in [0.717, 1.165) is 29.6 Å². The average Bonchev–Trinajstić information content (AvgIpc) is 3.30. The lowest BCUT2D eigenvalue weighted by Crippen LogP contribution is -2.40. The third-order valence-electron chi connectivity index (χ3n) is 10.2. The van der Waals surface area contributed by atoms with Gasteiger partial charge >= 0.3 is 0 Å². The standard InChI is InChI=1S/C22H34/c1-12-14-4-5-16(10-14)20(12)22-18-7-6-17(11-18)21(22)19-9-13-2-3-15(19)8-13/h12-22H,2-11H2,1H3. The summed E-state index contributed by atoms with van der Waals surface area (Å²) in [4.78, 5) is 0. The van der Waals surface area contributed by atoms with E-state index in [1.807, 2.05) is 0 Å². The lowest BCUT2D eigenvalue weighted by atomic mass is 9.59. The Morgan fingerprint density at radius 3 is 1.77 bits per heavy atom. The van der Waals surface area contributed by atoms with Crippen molar-refractivity contribution in [3.05, 3.63) is 0 Å². The van der Waals surface area contributed by atoms with Gasteiger partial charge in [0, 0.05) is 0 Å². The highest BCUT2D eigenvalue weighted by Gasteiger charge is 2.60. The average molecular weight is 299 g/mol. The summed E-state index contributed by atoms with van der Waals surface area (Å²) in [5.74, 6) is 12.8. The van der Waals surface area contributed by atoms with Gasteiger partial charge in [0.05, 0.1) is 0 Å². The van der Waals surface area contributed by atoms with Crippen LogP contribution in [0.3, 0.4) is 0 Å². The van der Waals surface area contributed by atoms with Crippen LogP contribution in [0.25, 0.3) is 0 Å². The maximum absolute atomic E-state index is 2.67. The van der Waals surface area contributed by atoms with Gasteiger partial charge in [0.1, 0.15) is 0 Å². The molecule has 6 aliphatic rings. The Hall–Kier alpha value is 0. The SMILES string of the molecule is CC1C2CCC(C2)C1C1C2CCC(C2)C1C1CC2CCC1C2. The highest BCUT2D eigenvalue weighted by Crippen LogP contribution is 2.68. The van der Waals surface area contributed by atoms with Crippen LogP contribution in [0, 0.1) is 65.1 Å². The maximum atomic E-state index is 2.67. The molecular formula is C22H34. The summed E-state index contributed by atoms with van der Waals surface area (Å²) in [5, 5.41) is 0. The van der Waals surface area contributed by atoms with Crippen LogP contribution in [0.2, 0.25) is 0 Å². The van der Waals surface area contributed by atoms with E-state index >= 15 is 0 Å². The Morgan fingerprint density at radius 1 is 0.500 bits per heavy atom. The van der Waals surface area contributed by atoms with Crippen LogP contribution in [0.4, 0.5) is 0 Å². The first-order chi connectivity index (χ1) is 10.8. The molecule has 6 rings (SSSR count). The Balaban J connectivity index is 1.33. The normalized spacial score (nSPS) is 65.0. The highest BCUT2D eigenvalue weighted by atomic mass is 14.7. The van der Waals surface area contributed by atoms with Gasteiger partial charge in [-0.05, 0) is 123 Å². The largest absolute Gasteiger partial charge is 0.0620 e. The Kier molecular flexibility index (Phi) is 2.75. The molecule has 22 heavy (non-hydrogen) atoms. The molecule has 122 valence electrons. The summed E-state index contributed by atoms with van der Waals surface area (Å²) >= 11 is 0. The first-order valence-corrected chi connectivity index (χ1v) is 10.8. The maximum Gasteiger partial charge on any atom is -0.0318 e. The monoisotopic (exact) mass is 298 g/mol. The van der Waals surface area contributed by atoms with Crippen molar-refractivity contribution in [3.63, 3.8) is 0 Å². The quantitative estimate of drug-likeness (QED) is 0.607. The molecule has 11 unspecified atom stereocenters. The molecule has 11 atom stereocenters. The summed E-state index contributed by atoms with van der Waals surface area (Å²) in [6, 6.07) is 0. The fourth-order valence-corrected chi connectivity index (χ4v) is 9.64. The molecule has 0 aliphatic heterocycles. The molecule has 0 nitrogen and oxygen atoms in total. The second kappa shape index (κ2) is 4.54. The van der Waals surface area contributed by atoms with Crippen molar-refractivity contribution in [1.29, 1.82) is 0 Å². The highest BCUT2D eigenvalue weighted by molar-refractivity contribution is 5.09. The van der Waals surface area contributed by atoms with Crippen molar-refractivity contribution < 1.29 is 0 Å². The van der Waals surface area contributed by atoms with Gasteiger partial charge in [-0.2, -0.15) is 0 Å². The third kappa shape index (κ3) is 1.61. The number of fused-ring (bicyclic) bond motifs is 6. The van der Waals surface area contributed by atoms with Gasteiger partial charge in [0.25, 0.3) is 0 Å². The molecule has 0 saturated heterocycles. The zero-order valence-electron chi connectivity index (χ0n) is 14.4. The van der Waals surface area contributed by atoms with Crippen molar-refractivity contribution in [2.75, 3.05) is 0 Å². The number of hydrogen-bond acceptors (Lipinski definition) is 0. The van der Waals surface area contributed by atoms with Gasteiger partial charge in [-0.15, -0.1) is 0 Å². The summed E-state index contributed by atoms with van der Waals surface area (Å²) in [5.41, 5.74) is 0. The Bertz CT molecular complexity index is 465. The summed E-state index contributed by atoms with van der Waals surface area (Å²) < 4.78 is 0. The predicted octanol–water partition coefficient (Wildman–Crippen LogP) is 5.77. The molecule has 0 aromatic heterocycles. The van der Waals surface area contributed by atoms with Gasteiger partial charge in [0.15, 0.2) is 0 Å². The Labute approximate surface area is 136 Å². The lowest BCUT2D eigenvalue weighted by molar-refractivity contribution is 0.0240. The second-order valence-corrected chi connectivity index (χ2v) is 10.6. The zero-order valence-corrected chi connectivity index (χ0v) is 14.4. The fourth-order valence-electron chi connectivity index (χ4n) is 9.64. The number of rotatable bonds is 2. The van der Waals surface area contributed by atoms with Crippen LogP contribution >= 0.6 is 0 Å². The molecule has 6 aliphatic carbocycles. The van der Waals surface area contributed by atoms with Crippen LogP contribution in [-0.4, -0.2) is 0 Å². The van der Waals surface area contributed by atoms with E-state index in [1.54, 1.807) is 64.2 Å². The first kappa shape index (κ1) is 13.3. The van der Waals surface area contributed by atoms with Gasteiger partial charge in [-0.1, -0.05) is 13.3 Å². The Morgan fingerprint density at radius 2 is 1.14 bits per heavy atom. The van der Waals surface area contributed by atoms with Crippen LogP contribution in [0.1, 0.15) is 71.1 Å². The topological polar surface area (TPSA) is 0 Å². The summed E-state index contributed by atoms with van der Waals surface area (Å²) in [6.07, 6.45) is 16.2. The summed E-state index contributed by atoms with van der Waals surface area (Å²) in [6.45, 7) is 2.67. The van der Waals surface area contributed by atoms with E-state index in [-0.39, 0.29) is 0 Å². The van der Waals surface area contributed by atoms with Gasteiger partial charge in [-0.3, -0.25) is 0 Å². The first-order valence-electron chi connectivity index (χ1n) is 10.8. The van der Waals surface area contributed by atoms with Gasteiger partial charge < -0.3 is 0 Å². The van der Waals surface area contributed by atoms with Crippen LogP contribution < -0.4 is 0 Å². The molecule has 6 saturated carbocycles. The van der Waals surface area contributed by atoms with Crippen molar-refractivity contribution in [2.24, 2.45) is 65.1 Å². The molecule has 0 heteroatoms. The van der Waals surface area contributed by atoms with Gasteiger partial charge in [-0.25, -0.2) is 0 Å². The molecule has 0 aromatic rings. The third-order valence-corrected chi connectivity index (χ3v) is 10.2. The van der Waals surface area contributed by atoms with E-state index in [0.29, 0.717) is 0 Å². The number of hydrogen-bond donors (Lipinski definition) is 0. The van der Waals surface area contributed by atoms with E-state index in [1.165, 1.54) is 35.5 Å². The van der Waals surface area contributed by atoms with Crippen molar-refractivity contribution in [2.45, 2.75) is 71.1 Å².